The van der Waals surface area contributed by atoms with Crippen molar-refractivity contribution in [2.45, 2.75) is 26.2 Å². The second-order valence-corrected chi connectivity index (χ2v) is 8.71. The van der Waals surface area contributed by atoms with E-state index in [1.165, 1.54) is 11.0 Å². The Kier molecular flexibility index (Phi) is 13.1. The average Bonchev–Trinajstić information content (AvgIpc) is 2.90. The normalized spacial score (nSPS) is 10.6. The minimum atomic E-state index is -0.204. The topological polar surface area (TPSA) is 125 Å². The van der Waals surface area contributed by atoms with Crippen LogP contribution in [0.15, 0.2) is 36.7 Å². The molecule has 2 aromatic heterocycles. The van der Waals surface area contributed by atoms with Gasteiger partial charge in [-0.05, 0) is 33.0 Å². The van der Waals surface area contributed by atoms with Crippen LogP contribution in [0.3, 0.4) is 0 Å². The van der Waals surface area contributed by atoms with E-state index in [2.05, 4.69) is 49.7 Å². The molecule has 0 fully saturated rings. The van der Waals surface area contributed by atoms with Crippen LogP contribution in [0.5, 0.6) is 5.88 Å². The molecule has 3 N–H and O–H groups in total. The first kappa shape index (κ1) is 30.1. The molecule has 0 spiro atoms. The predicted molar refractivity (Wildman–Crippen MR) is 149 cm³/mol. The van der Waals surface area contributed by atoms with E-state index in [1.54, 1.807) is 38.7 Å². The first-order valence-electron chi connectivity index (χ1n) is 12.5. The largest absolute Gasteiger partial charge is 0.481 e. The lowest BCUT2D eigenvalue weighted by molar-refractivity contribution is -0.131. The second-order valence-electron chi connectivity index (χ2n) is 8.71. The van der Waals surface area contributed by atoms with Crippen molar-refractivity contribution in [3.8, 4) is 17.7 Å². The van der Waals surface area contributed by atoms with Gasteiger partial charge in [-0.2, -0.15) is 4.98 Å². The summed E-state index contributed by atoms with van der Waals surface area (Å²) in [4.78, 5) is 40.6. The zero-order chi connectivity index (χ0) is 27.8. The summed E-state index contributed by atoms with van der Waals surface area (Å²) in [6.07, 6.45) is 8.79. The number of aromatic nitrogens is 3. The van der Waals surface area contributed by atoms with Crippen molar-refractivity contribution in [2.24, 2.45) is 0 Å². The fourth-order valence-electron chi connectivity index (χ4n) is 3.02. The van der Waals surface area contributed by atoms with Gasteiger partial charge in [-0.25, -0.2) is 9.97 Å². The third-order valence-corrected chi connectivity index (χ3v) is 5.04. The molecule has 0 bridgehead atoms. The number of hydrogen-bond donors (Lipinski definition) is 3. The summed E-state index contributed by atoms with van der Waals surface area (Å²) in [6, 6.07) is 3.59. The number of anilines is 3. The smallest absolute Gasteiger partial charge is 0.246 e. The molecular formula is C27H38N8O3. The number of pyridine rings is 1. The molecule has 204 valence electrons. The molecule has 0 atom stereocenters. The van der Waals surface area contributed by atoms with Crippen LogP contribution in [0.2, 0.25) is 0 Å². The monoisotopic (exact) mass is 522 g/mol. The Labute approximate surface area is 225 Å². The van der Waals surface area contributed by atoms with Gasteiger partial charge in [0.1, 0.15) is 5.82 Å². The zero-order valence-corrected chi connectivity index (χ0v) is 22.9. The molecule has 11 heteroatoms. The van der Waals surface area contributed by atoms with Crippen molar-refractivity contribution in [3.05, 3.63) is 42.2 Å². The highest BCUT2D eigenvalue weighted by molar-refractivity contribution is 5.91. The Balaban J connectivity index is 1.84. The molecule has 38 heavy (non-hydrogen) atoms. The Morgan fingerprint density at radius 1 is 1.13 bits per heavy atom. The van der Waals surface area contributed by atoms with E-state index >= 15 is 0 Å². The van der Waals surface area contributed by atoms with Gasteiger partial charge in [0.05, 0.1) is 37.3 Å². The molecule has 0 radical (unpaired) electrons. The summed E-state index contributed by atoms with van der Waals surface area (Å²) in [5.74, 6) is 7.44. The minimum Gasteiger partial charge on any atom is -0.481 e. The van der Waals surface area contributed by atoms with Gasteiger partial charge < -0.3 is 30.5 Å². The highest BCUT2D eigenvalue weighted by atomic mass is 16.5. The summed E-state index contributed by atoms with van der Waals surface area (Å²) >= 11 is 0. The number of carbonyl (C=O) groups excluding carboxylic acids is 2. The van der Waals surface area contributed by atoms with Crippen molar-refractivity contribution >= 4 is 29.3 Å². The van der Waals surface area contributed by atoms with Gasteiger partial charge in [0.25, 0.3) is 0 Å². The van der Waals surface area contributed by atoms with Crippen LogP contribution >= 0.6 is 0 Å². The molecule has 2 heterocycles. The van der Waals surface area contributed by atoms with Gasteiger partial charge in [0, 0.05) is 45.2 Å². The third kappa shape index (κ3) is 11.3. The van der Waals surface area contributed by atoms with Crippen LogP contribution in [0.4, 0.5) is 17.5 Å². The van der Waals surface area contributed by atoms with E-state index in [0.717, 1.165) is 18.7 Å². The quantitative estimate of drug-likeness (QED) is 0.195. The molecule has 0 saturated heterocycles. The molecule has 2 rings (SSSR count). The average molecular weight is 523 g/mol. The van der Waals surface area contributed by atoms with E-state index in [9.17, 15) is 9.59 Å². The molecule has 11 nitrogen and oxygen atoms in total. The van der Waals surface area contributed by atoms with E-state index < -0.39 is 0 Å². The summed E-state index contributed by atoms with van der Waals surface area (Å²) < 4.78 is 5.08. The molecule has 0 unspecified atom stereocenters. The summed E-state index contributed by atoms with van der Waals surface area (Å²) in [5, 5.41) is 9.25. The Bertz CT molecular complexity index is 1120. The van der Waals surface area contributed by atoms with Crippen molar-refractivity contribution < 1.29 is 14.3 Å². The Morgan fingerprint density at radius 3 is 2.63 bits per heavy atom. The number of nitrogens with one attached hydrogen (secondary N) is 3. The maximum absolute atomic E-state index is 12.1. The number of carbonyl (C=O) groups is 2. The highest BCUT2D eigenvalue weighted by Gasteiger charge is 2.10. The zero-order valence-electron chi connectivity index (χ0n) is 22.9. The maximum atomic E-state index is 12.1. The fourth-order valence-corrected chi connectivity index (χ4v) is 3.02. The van der Waals surface area contributed by atoms with Gasteiger partial charge in [-0.15, -0.1) is 0 Å². The van der Waals surface area contributed by atoms with Gasteiger partial charge in [-0.3, -0.25) is 9.59 Å². The highest BCUT2D eigenvalue weighted by Crippen LogP contribution is 2.18. The lowest BCUT2D eigenvalue weighted by Crippen LogP contribution is -2.38. The molecule has 0 aliphatic rings. The number of unbranched alkanes of at least 4 members (excludes halogenated alkanes) is 1. The van der Waals surface area contributed by atoms with Crippen LogP contribution < -0.4 is 20.7 Å². The van der Waals surface area contributed by atoms with Gasteiger partial charge in [0.2, 0.25) is 23.6 Å². The van der Waals surface area contributed by atoms with Crippen molar-refractivity contribution in [2.75, 3.05) is 65.1 Å². The number of amides is 2. The number of hydrogen-bond acceptors (Lipinski definition) is 9. The molecule has 0 aromatic carbocycles. The Morgan fingerprint density at radius 2 is 1.95 bits per heavy atom. The van der Waals surface area contributed by atoms with Gasteiger partial charge >= 0.3 is 0 Å². The van der Waals surface area contributed by atoms with E-state index in [1.807, 2.05) is 25.1 Å². The lowest BCUT2D eigenvalue weighted by atomic mass is 10.2. The van der Waals surface area contributed by atoms with Crippen molar-refractivity contribution in [1.29, 1.82) is 0 Å². The second kappa shape index (κ2) is 16.6. The Hall–Kier alpha value is -4.17. The fraction of sp³-hybridized carbons (Fsp3) is 0.444. The number of rotatable bonds is 14. The van der Waals surface area contributed by atoms with Crippen molar-refractivity contribution in [3.63, 3.8) is 0 Å². The van der Waals surface area contributed by atoms with Crippen LogP contribution in [0.1, 0.15) is 31.7 Å². The standard InChI is InChI=1S/C27H38N8O3/c1-6-15-29-26-21(18-31-27(33-26)32-22-13-14-24(38-5)30-19-22)11-8-7-9-16-28-23(36)20-35(4)25(37)12-10-17-34(2)3/h10,12-14,18-19H,6-7,9,15-17,20H2,1-5H3,(H,28,36)(H2,29,31,32,33)/b12-10+. The molecular weight excluding hydrogens is 484 g/mol. The van der Waals surface area contributed by atoms with Crippen LogP contribution in [0.25, 0.3) is 0 Å². The number of nitrogens with zero attached hydrogens (tertiary/aromatic N) is 5. The van der Waals surface area contributed by atoms with Gasteiger partial charge in [-0.1, -0.05) is 24.8 Å². The number of methoxy groups -OCH3 is 1. The first-order valence-corrected chi connectivity index (χ1v) is 12.5. The van der Waals surface area contributed by atoms with E-state index in [0.29, 0.717) is 49.1 Å². The summed E-state index contributed by atoms with van der Waals surface area (Å²) in [5.41, 5.74) is 1.44. The van der Waals surface area contributed by atoms with Crippen molar-refractivity contribution in [1.82, 2.24) is 30.1 Å². The lowest BCUT2D eigenvalue weighted by Gasteiger charge is -2.14. The van der Waals surface area contributed by atoms with E-state index in [4.69, 9.17) is 4.74 Å². The van der Waals surface area contributed by atoms with Crippen LogP contribution in [0, 0.1) is 11.8 Å². The van der Waals surface area contributed by atoms with Gasteiger partial charge in [0.15, 0.2) is 0 Å². The number of ether oxygens (including phenoxy) is 1. The number of likely N-dealkylation sites (N-methyl/N-ethyl adjacent to an activating group) is 2. The summed E-state index contributed by atoms with van der Waals surface area (Å²) in [6.45, 7) is 3.97. The van der Waals surface area contributed by atoms with Crippen LogP contribution in [-0.4, -0.2) is 91.0 Å². The molecule has 0 aliphatic carbocycles. The SMILES string of the molecule is CCCNc1nc(Nc2ccc(OC)nc2)ncc1C#CCCCNC(=O)CN(C)C(=O)/C=C/CN(C)C. The maximum Gasteiger partial charge on any atom is 0.246 e. The molecule has 0 aliphatic heterocycles. The van der Waals surface area contributed by atoms with Crippen LogP contribution in [-0.2, 0) is 9.59 Å². The molecule has 2 aromatic rings. The predicted octanol–water partition coefficient (Wildman–Crippen LogP) is 2.27. The third-order valence-electron chi connectivity index (χ3n) is 5.04. The molecule has 2 amide bonds. The summed E-state index contributed by atoms with van der Waals surface area (Å²) in [7, 11) is 7.01. The minimum absolute atomic E-state index is 0.00753. The first-order chi connectivity index (χ1) is 18.3. The van der Waals surface area contributed by atoms with E-state index in [-0.39, 0.29) is 18.4 Å². The molecule has 0 saturated carbocycles.